The zero-order valence-electron chi connectivity index (χ0n) is 15.6. The number of nitrogens with one attached hydrogen (secondary N) is 2. The van der Waals surface area contributed by atoms with Crippen LogP contribution in [-0.4, -0.2) is 59.1 Å². The number of benzene rings is 1. The Labute approximate surface area is 156 Å². The molecule has 0 atom stereocenters. The number of carbonyl (C=O) groups is 1. The maximum Gasteiger partial charge on any atom is 0.255 e. The first-order valence-electron chi connectivity index (χ1n) is 9.16. The molecule has 0 saturated carbocycles. The van der Waals surface area contributed by atoms with Crippen LogP contribution in [0.4, 0.5) is 0 Å². The average molecular weight is 384 g/mol. The minimum absolute atomic E-state index is 0.0652. The molecule has 0 spiro atoms. The third-order valence-corrected chi connectivity index (χ3v) is 5.94. The fourth-order valence-electron chi connectivity index (χ4n) is 3.07. The first-order valence-corrected chi connectivity index (χ1v) is 10.6. The van der Waals surface area contributed by atoms with E-state index in [2.05, 4.69) is 14.9 Å². The van der Waals surface area contributed by atoms with Gasteiger partial charge in [0.05, 0.1) is 17.6 Å². The number of ether oxygens (including phenoxy) is 1. The van der Waals surface area contributed by atoms with Gasteiger partial charge in [-0.05, 0) is 51.1 Å². The largest absolute Gasteiger partial charge is 0.496 e. The molecule has 1 aromatic rings. The van der Waals surface area contributed by atoms with Gasteiger partial charge in [0.25, 0.3) is 5.91 Å². The van der Waals surface area contributed by atoms with Crippen molar-refractivity contribution in [3.8, 4) is 5.75 Å². The third-order valence-electron chi connectivity index (χ3n) is 4.48. The Hall–Kier alpha value is -1.64. The molecule has 1 aliphatic heterocycles. The molecule has 0 unspecified atom stereocenters. The zero-order chi connectivity index (χ0) is 19.0. The van der Waals surface area contributed by atoms with E-state index in [-0.39, 0.29) is 16.4 Å². The molecule has 1 aromatic carbocycles. The minimum atomic E-state index is -3.68. The van der Waals surface area contributed by atoms with Gasteiger partial charge in [-0.3, -0.25) is 4.79 Å². The highest BCUT2D eigenvalue weighted by Crippen LogP contribution is 2.22. The van der Waals surface area contributed by atoms with Crippen molar-refractivity contribution in [3.05, 3.63) is 23.8 Å². The number of amides is 1. The number of rotatable bonds is 8. The zero-order valence-corrected chi connectivity index (χ0v) is 16.4. The highest BCUT2D eigenvalue weighted by atomic mass is 32.2. The molecular formula is C18H29N3O4S. The monoisotopic (exact) mass is 383 g/mol. The summed E-state index contributed by atoms with van der Waals surface area (Å²) in [5.74, 6) is -0.00886. The summed E-state index contributed by atoms with van der Waals surface area (Å²) in [4.78, 5) is 14.5. The van der Waals surface area contributed by atoms with Gasteiger partial charge in [0.1, 0.15) is 5.75 Å². The molecule has 0 bridgehead atoms. The Morgan fingerprint density at radius 3 is 2.50 bits per heavy atom. The van der Waals surface area contributed by atoms with E-state index in [4.69, 9.17) is 4.74 Å². The van der Waals surface area contributed by atoms with Crippen molar-refractivity contribution in [2.24, 2.45) is 0 Å². The van der Waals surface area contributed by atoms with Gasteiger partial charge in [0.2, 0.25) is 10.0 Å². The lowest BCUT2D eigenvalue weighted by molar-refractivity contribution is 0.0952. The first kappa shape index (κ1) is 20.7. The topological polar surface area (TPSA) is 87.7 Å². The SMILES string of the molecule is CCNC(=O)c1cc(S(=O)(=O)NCCN2CCCCCC2)ccc1OC. The molecule has 0 aromatic heterocycles. The molecule has 2 rings (SSSR count). The normalized spacial score (nSPS) is 16.1. The lowest BCUT2D eigenvalue weighted by Gasteiger charge is -2.19. The van der Waals surface area contributed by atoms with E-state index in [0.29, 0.717) is 25.4 Å². The lowest BCUT2D eigenvalue weighted by atomic mass is 10.2. The molecule has 7 nitrogen and oxygen atoms in total. The molecule has 8 heteroatoms. The highest BCUT2D eigenvalue weighted by Gasteiger charge is 2.20. The van der Waals surface area contributed by atoms with E-state index in [9.17, 15) is 13.2 Å². The quantitative estimate of drug-likeness (QED) is 0.712. The van der Waals surface area contributed by atoms with Crippen LogP contribution >= 0.6 is 0 Å². The molecule has 0 aliphatic carbocycles. The summed E-state index contributed by atoms with van der Waals surface area (Å²) in [5, 5.41) is 2.67. The summed E-state index contributed by atoms with van der Waals surface area (Å²) in [5.41, 5.74) is 0.213. The van der Waals surface area contributed by atoms with Gasteiger partial charge in [-0.15, -0.1) is 0 Å². The second-order valence-electron chi connectivity index (χ2n) is 6.38. The molecule has 1 aliphatic rings. The van der Waals surface area contributed by atoms with Gasteiger partial charge < -0.3 is 15.0 Å². The smallest absolute Gasteiger partial charge is 0.255 e. The maximum atomic E-state index is 12.6. The Kier molecular flexibility index (Phi) is 7.86. The number of sulfonamides is 1. The van der Waals surface area contributed by atoms with E-state index >= 15 is 0 Å². The Morgan fingerprint density at radius 2 is 1.88 bits per heavy atom. The van der Waals surface area contributed by atoms with Crippen LogP contribution in [-0.2, 0) is 10.0 Å². The minimum Gasteiger partial charge on any atom is -0.496 e. The van der Waals surface area contributed by atoms with Gasteiger partial charge >= 0.3 is 0 Å². The van der Waals surface area contributed by atoms with Crippen molar-refractivity contribution in [1.82, 2.24) is 14.9 Å². The molecular weight excluding hydrogens is 354 g/mol. The van der Waals surface area contributed by atoms with Crippen molar-refractivity contribution in [2.75, 3.05) is 39.8 Å². The molecule has 1 fully saturated rings. The second-order valence-corrected chi connectivity index (χ2v) is 8.14. The van der Waals surface area contributed by atoms with Crippen LogP contribution in [0.15, 0.2) is 23.1 Å². The standard InChI is InChI=1S/C18H29N3O4S/c1-3-19-18(22)16-14-15(8-9-17(16)25-2)26(23,24)20-10-13-21-11-6-4-5-7-12-21/h8-9,14,20H,3-7,10-13H2,1-2H3,(H,19,22). The van der Waals surface area contributed by atoms with Crippen LogP contribution in [0.2, 0.25) is 0 Å². The van der Waals surface area contributed by atoms with Gasteiger partial charge in [-0.1, -0.05) is 12.8 Å². The number of carbonyl (C=O) groups excluding carboxylic acids is 1. The average Bonchev–Trinajstić information content (AvgIpc) is 2.90. The predicted molar refractivity (Wildman–Crippen MR) is 101 cm³/mol. The van der Waals surface area contributed by atoms with Crippen LogP contribution in [0.5, 0.6) is 5.75 Å². The summed E-state index contributed by atoms with van der Waals surface area (Å²) >= 11 is 0. The van der Waals surface area contributed by atoms with Crippen LogP contribution in [0.1, 0.15) is 43.0 Å². The Bertz CT molecular complexity index is 698. The summed E-state index contributed by atoms with van der Waals surface area (Å²) < 4.78 is 33.0. The number of nitrogens with zero attached hydrogens (tertiary/aromatic N) is 1. The van der Waals surface area contributed by atoms with Crippen LogP contribution in [0.25, 0.3) is 0 Å². The van der Waals surface area contributed by atoms with Crippen molar-refractivity contribution in [1.29, 1.82) is 0 Å². The van der Waals surface area contributed by atoms with Gasteiger partial charge in [-0.25, -0.2) is 13.1 Å². The predicted octanol–water partition coefficient (Wildman–Crippen LogP) is 1.60. The third kappa shape index (κ3) is 5.69. The maximum absolute atomic E-state index is 12.6. The van der Waals surface area contributed by atoms with Gasteiger partial charge in [0.15, 0.2) is 0 Å². The second kappa shape index (κ2) is 9.89. The lowest BCUT2D eigenvalue weighted by Crippen LogP contribution is -2.35. The van der Waals surface area contributed by atoms with Crippen LogP contribution in [0, 0.1) is 0 Å². The molecule has 26 heavy (non-hydrogen) atoms. The molecule has 1 heterocycles. The van der Waals surface area contributed by atoms with Crippen molar-refractivity contribution < 1.29 is 17.9 Å². The van der Waals surface area contributed by atoms with E-state index < -0.39 is 10.0 Å². The van der Waals surface area contributed by atoms with Gasteiger partial charge in [0, 0.05) is 19.6 Å². The van der Waals surface area contributed by atoms with Crippen LogP contribution in [0.3, 0.4) is 0 Å². The number of likely N-dealkylation sites (tertiary alicyclic amines) is 1. The highest BCUT2D eigenvalue weighted by molar-refractivity contribution is 7.89. The van der Waals surface area contributed by atoms with E-state index in [1.807, 2.05) is 0 Å². The van der Waals surface area contributed by atoms with Crippen molar-refractivity contribution in [2.45, 2.75) is 37.5 Å². The molecule has 1 amide bonds. The molecule has 2 N–H and O–H groups in total. The summed E-state index contributed by atoms with van der Waals surface area (Å²) in [6, 6.07) is 4.32. The fourth-order valence-corrected chi connectivity index (χ4v) is 4.12. The van der Waals surface area contributed by atoms with E-state index in [1.54, 1.807) is 6.92 Å². The Morgan fingerprint density at radius 1 is 1.19 bits per heavy atom. The fraction of sp³-hybridized carbons (Fsp3) is 0.611. The van der Waals surface area contributed by atoms with E-state index in [1.165, 1.54) is 51.0 Å². The van der Waals surface area contributed by atoms with Crippen molar-refractivity contribution >= 4 is 15.9 Å². The summed E-state index contributed by atoms with van der Waals surface area (Å²) in [6.45, 7) is 5.34. The number of methoxy groups -OCH3 is 1. The number of hydrogen-bond donors (Lipinski definition) is 2. The molecule has 0 radical (unpaired) electrons. The van der Waals surface area contributed by atoms with E-state index in [0.717, 1.165) is 13.1 Å². The summed E-state index contributed by atoms with van der Waals surface area (Å²) in [7, 11) is -2.23. The number of hydrogen-bond acceptors (Lipinski definition) is 5. The van der Waals surface area contributed by atoms with Crippen molar-refractivity contribution in [3.63, 3.8) is 0 Å². The molecule has 1 saturated heterocycles. The van der Waals surface area contributed by atoms with Crippen LogP contribution < -0.4 is 14.8 Å². The molecule has 146 valence electrons. The summed E-state index contributed by atoms with van der Waals surface area (Å²) in [6.07, 6.45) is 4.83. The Balaban J connectivity index is 2.05. The first-order chi connectivity index (χ1) is 12.5. The van der Waals surface area contributed by atoms with Gasteiger partial charge in [-0.2, -0.15) is 0 Å².